The van der Waals surface area contributed by atoms with Gasteiger partial charge >= 0.3 is 0 Å². The summed E-state index contributed by atoms with van der Waals surface area (Å²) in [5.41, 5.74) is 11.6. The monoisotopic (exact) mass is 384 g/mol. The Morgan fingerprint density at radius 1 is 0.556 bits per heavy atom. The quantitative estimate of drug-likeness (QED) is 0.147. The molecular weight excluding hydrogens is 332 g/mol. The number of nitrogens with one attached hydrogen (secondary N) is 2. The zero-order valence-corrected chi connectivity index (χ0v) is 18.6. The number of rotatable bonds is 23. The minimum Gasteiger partial charge on any atom is -0.330 e. The van der Waals surface area contributed by atoms with E-state index in [2.05, 4.69) is 10.6 Å². The minimum atomic E-state index is 0.195. The molecule has 0 rings (SSSR count). The molecule has 0 aliphatic rings. The first-order valence-electron chi connectivity index (χ1n) is 12.1. The molecule has 1 unspecified atom stereocenters. The van der Waals surface area contributed by atoms with Gasteiger partial charge in [0.2, 0.25) is 0 Å². The van der Waals surface area contributed by atoms with Crippen molar-refractivity contribution in [3.05, 3.63) is 0 Å². The van der Waals surface area contributed by atoms with Crippen molar-refractivity contribution in [3.8, 4) is 0 Å². The van der Waals surface area contributed by atoms with E-state index < -0.39 is 0 Å². The Morgan fingerprint density at radius 2 is 0.963 bits per heavy atom. The van der Waals surface area contributed by atoms with Gasteiger partial charge in [-0.05, 0) is 52.4 Å². The highest BCUT2D eigenvalue weighted by Crippen LogP contribution is 2.12. The van der Waals surface area contributed by atoms with Crippen LogP contribution < -0.4 is 22.1 Å². The second-order valence-corrected chi connectivity index (χ2v) is 8.25. The molecule has 0 aromatic carbocycles. The molecule has 4 nitrogen and oxygen atoms in total. The van der Waals surface area contributed by atoms with Crippen molar-refractivity contribution in [2.24, 2.45) is 11.5 Å². The summed E-state index contributed by atoms with van der Waals surface area (Å²) < 4.78 is 0. The Balaban J connectivity index is 3.08. The summed E-state index contributed by atoms with van der Waals surface area (Å²) in [4.78, 5) is 0. The highest BCUT2D eigenvalue weighted by molar-refractivity contribution is 4.60. The van der Waals surface area contributed by atoms with Crippen molar-refractivity contribution >= 4 is 0 Å². The molecule has 0 aliphatic carbocycles. The van der Waals surface area contributed by atoms with Crippen LogP contribution in [0, 0.1) is 0 Å². The predicted octanol–water partition coefficient (Wildman–Crippen LogP) is 5.06. The van der Waals surface area contributed by atoms with Gasteiger partial charge in [-0.1, -0.05) is 89.9 Å². The molecule has 0 aromatic heterocycles. The number of hydrogen-bond donors (Lipinski definition) is 4. The van der Waals surface area contributed by atoms with E-state index in [-0.39, 0.29) is 6.17 Å². The SMILES string of the molecule is CNCCCCCC(N)NCCCCCCCCCCCCCCCCN. The number of nitrogens with two attached hydrogens (primary N) is 2. The van der Waals surface area contributed by atoms with Gasteiger partial charge < -0.3 is 22.1 Å². The first-order chi connectivity index (χ1) is 13.3. The molecule has 27 heavy (non-hydrogen) atoms. The molecule has 0 aromatic rings. The van der Waals surface area contributed by atoms with Crippen LogP contribution in [0.5, 0.6) is 0 Å². The maximum Gasteiger partial charge on any atom is 0.0546 e. The Kier molecular flexibility index (Phi) is 23.7. The summed E-state index contributed by atoms with van der Waals surface area (Å²) in [6.07, 6.45) is 24.4. The van der Waals surface area contributed by atoms with Gasteiger partial charge in [0.05, 0.1) is 6.17 Å². The van der Waals surface area contributed by atoms with E-state index in [0.29, 0.717) is 0 Å². The lowest BCUT2D eigenvalue weighted by Gasteiger charge is -2.13. The minimum absolute atomic E-state index is 0.195. The molecule has 0 saturated heterocycles. The zero-order chi connectivity index (χ0) is 19.8. The lowest BCUT2D eigenvalue weighted by molar-refractivity contribution is 0.453. The first-order valence-corrected chi connectivity index (χ1v) is 12.1. The number of hydrogen-bond acceptors (Lipinski definition) is 4. The second-order valence-electron chi connectivity index (χ2n) is 8.25. The van der Waals surface area contributed by atoms with Crippen molar-refractivity contribution in [3.63, 3.8) is 0 Å². The fourth-order valence-corrected chi connectivity index (χ4v) is 3.62. The molecule has 1 atom stereocenters. The average molecular weight is 385 g/mol. The van der Waals surface area contributed by atoms with E-state index >= 15 is 0 Å². The molecule has 0 radical (unpaired) electrons. The summed E-state index contributed by atoms with van der Waals surface area (Å²) in [6, 6.07) is 0. The smallest absolute Gasteiger partial charge is 0.0546 e. The third-order valence-corrected chi connectivity index (χ3v) is 5.48. The van der Waals surface area contributed by atoms with Crippen LogP contribution in [0.15, 0.2) is 0 Å². The van der Waals surface area contributed by atoms with E-state index in [9.17, 15) is 0 Å². The lowest BCUT2D eigenvalue weighted by Crippen LogP contribution is -2.37. The van der Waals surface area contributed by atoms with Crippen molar-refractivity contribution in [1.29, 1.82) is 0 Å². The van der Waals surface area contributed by atoms with Crippen molar-refractivity contribution < 1.29 is 0 Å². The van der Waals surface area contributed by atoms with Crippen LogP contribution in [0.2, 0.25) is 0 Å². The molecule has 0 fully saturated rings. The fraction of sp³-hybridized carbons (Fsp3) is 1.00. The predicted molar refractivity (Wildman–Crippen MR) is 122 cm³/mol. The number of unbranched alkanes of at least 4 members (excludes halogenated alkanes) is 15. The molecule has 0 spiro atoms. The Morgan fingerprint density at radius 3 is 1.44 bits per heavy atom. The summed E-state index contributed by atoms with van der Waals surface area (Å²) in [5.74, 6) is 0. The fourth-order valence-electron chi connectivity index (χ4n) is 3.62. The maximum atomic E-state index is 6.12. The van der Waals surface area contributed by atoms with E-state index in [1.807, 2.05) is 7.05 Å². The van der Waals surface area contributed by atoms with Gasteiger partial charge in [0.15, 0.2) is 0 Å². The topological polar surface area (TPSA) is 76.1 Å². The van der Waals surface area contributed by atoms with Crippen LogP contribution in [0.4, 0.5) is 0 Å². The molecule has 4 heteroatoms. The van der Waals surface area contributed by atoms with Crippen molar-refractivity contribution in [2.75, 3.05) is 26.7 Å². The van der Waals surface area contributed by atoms with Gasteiger partial charge in [0.1, 0.15) is 0 Å². The van der Waals surface area contributed by atoms with E-state index in [0.717, 1.165) is 26.1 Å². The maximum absolute atomic E-state index is 6.12. The Bertz CT molecular complexity index is 261. The first kappa shape index (κ1) is 26.8. The van der Waals surface area contributed by atoms with Crippen LogP contribution in [0.3, 0.4) is 0 Å². The lowest BCUT2D eigenvalue weighted by atomic mass is 10.0. The highest BCUT2D eigenvalue weighted by atomic mass is 15.0. The van der Waals surface area contributed by atoms with Gasteiger partial charge in [-0.25, -0.2) is 0 Å². The molecule has 164 valence electrons. The molecule has 0 saturated carbocycles. The molecule has 0 bridgehead atoms. The molecule has 0 aliphatic heterocycles. The van der Waals surface area contributed by atoms with Gasteiger partial charge in [-0.15, -0.1) is 0 Å². The third kappa shape index (κ3) is 23.8. The van der Waals surface area contributed by atoms with E-state index in [4.69, 9.17) is 11.5 Å². The normalized spacial score (nSPS) is 12.6. The Labute approximate surface area is 171 Å². The zero-order valence-electron chi connectivity index (χ0n) is 18.6. The van der Waals surface area contributed by atoms with Crippen molar-refractivity contribution in [1.82, 2.24) is 10.6 Å². The molecule has 0 heterocycles. The molecule has 0 amide bonds. The summed E-state index contributed by atoms with van der Waals surface area (Å²) >= 11 is 0. The van der Waals surface area contributed by atoms with Gasteiger partial charge in [0.25, 0.3) is 0 Å². The van der Waals surface area contributed by atoms with Crippen LogP contribution in [0.1, 0.15) is 116 Å². The molecular formula is C23H52N4. The van der Waals surface area contributed by atoms with E-state index in [1.54, 1.807) is 0 Å². The summed E-state index contributed by atoms with van der Waals surface area (Å²) in [7, 11) is 2.02. The van der Waals surface area contributed by atoms with Gasteiger partial charge in [0, 0.05) is 0 Å². The third-order valence-electron chi connectivity index (χ3n) is 5.48. The van der Waals surface area contributed by atoms with E-state index in [1.165, 1.54) is 109 Å². The van der Waals surface area contributed by atoms with Crippen LogP contribution in [0.25, 0.3) is 0 Å². The van der Waals surface area contributed by atoms with Crippen LogP contribution >= 0.6 is 0 Å². The Hall–Kier alpha value is -0.160. The second kappa shape index (κ2) is 23.9. The summed E-state index contributed by atoms with van der Waals surface area (Å²) in [5, 5.41) is 6.67. The average Bonchev–Trinajstić information content (AvgIpc) is 2.67. The van der Waals surface area contributed by atoms with Gasteiger partial charge in [-0.2, -0.15) is 0 Å². The van der Waals surface area contributed by atoms with Crippen LogP contribution in [-0.2, 0) is 0 Å². The standard InChI is InChI=1S/C23H52N4/c1-26-21-17-14-15-19-23(25)27-22-18-13-11-9-7-5-3-2-4-6-8-10-12-16-20-24/h23,26-27H,2-22,24-25H2,1H3. The van der Waals surface area contributed by atoms with Gasteiger partial charge in [-0.3, -0.25) is 0 Å². The summed E-state index contributed by atoms with van der Waals surface area (Å²) in [6.45, 7) is 3.07. The van der Waals surface area contributed by atoms with Crippen LogP contribution in [-0.4, -0.2) is 32.8 Å². The van der Waals surface area contributed by atoms with Crippen molar-refractivity contribution in [2.45, 2.75) is 122 Å². The largest absolute Gasteiger partial charge is 0.330 e. The highest BCUT2D eigenvalue weighted by Gasteiger charge is 2.01. The molecule has 6 N–H and O–H groups in total.